The Hall–Kier alpha value is -1.74. The second-order valence-electron chi connectivity index (χ2n) is 4.38. The van der Waals surface area contributed by atoms with Gasteiger partial charge >= 0.3 is 0 Å². The second kappa shape index (κ2) is 5.93. The van der Waals surface area contributed by atoms with Gasteiger partial charge in [0.05, 0.1) is 0 Å². The molecule has 1 nitrogen and oxygen atoms in total. The lowest BCUT2D eigenvalue weighted by Gasteiger charge is -2.28. The van der Waals surface area contributed by atoms with Crippen molar-refractivity contribution in [2.45, 2.75) is 18.9 Å². The molecule has 0 heterocycles. The summed E-state index contributed by atoms with van der Waals surface area (Å²) in [6, 6.07) is 9.85. The van der Waals surface area contributed by atoms with Crippen LogP contribution in [0.5, 0.6) is 0 Å². The quantitative estimate of drug-likeness (QED) is 0.771. The minimum Gasteiger partial charge on any atom is -0.367 e. The Bertz CT molecular complexity index is 513. The molecule has 0 saturated heterocycles. The molecular weight excluding hydrogens is 246 g/mol. The fraction of sp³-hybridized carbons (Fsp3) is 0.250. The number of rotatable bonds is 4. The van der Waals surface area contributed by atoms with Crippen molar-refractivity contribution in [1.82, 2.24) is 0 Å². The van der Waals surface area contributed by atoms with E-state index in [1.54, 1.807) is 13.0 Å². The predicted molar refractivity (Wildman–Crippen MR) is 72.8 cm³/mol. The summed E-state index contributed by atoms with van der Waals surface area (Å²) in [6.07, 6.45) is 5.07. The highest BCUT2D eigenvalue weighted by atomic mass is 19.3. The summed E-state index contributed by atoms with van der Waals surface area (Å²) in [5, 5.41) is 0. The Morgan fingerprint density at radius 1 is 1.32 bits per heavy atom. The van der Waals surface area contributed by atoms with Crippen LogP contribution >= 0.6 is 0 Å². The molecule has 0 aromatic heterocycles. The van der Waals surface area contributed by atoms with Crippen molar-refractivity contribution in [3.05, 3.63) is 66.3 Å². The van der Waals surface area contributed by atoms with Gasteiger partial charge in [-0.25, -0.2) is 0 Å². The number of hydrogen-bond acceptors (Lipinski definition) is 1. The van der Waals surface area contributed by atoms with Crippen molar-refractivity contribution >= 4 is 5.57 Å². The summed E-state index contributed by atoms with van der Waals surface area (Å²) in [6.45, 7) is 2.19. The Morgan fingerprint density at radius 2 is 2.05 bits per heavy atom. The van der Waals surface area contributed by atoms with Crippen LogP contribution in [0.15, 0.2) is 60.7 Å². The molecule has 0 aliphatic heterocycles. The molecule has 1 unspecified atom stereocenters. The van der Waals surface area contributed by atoms with Gasteiger partial charge in [0.25, 0.3) is 6.08 Å². The second-order valence-corrected chi connectivity index (χ2v) is 4.38. The van der Waals surface area contributed by atoms with E-state index in [9.17, 15) is 8.78 Å². The average molecular weight is 262 g/mol. The number of halogens is 2. The van der Waals surface area contributed by atoms with Crippen LogP contribution in [-0.4, -0.2) is 12.2 Å². The third-order valence-corrected chi connectivity index (χ3v) is 3.06. The first kappa shape index (κ1) is 13.7. The molecular formula is C16H16F2O. The summed E-state index contributed by atoms with van der Waals surface area (Å²) in [7, 11) is 0. The largest absolute Gasteiger partial charge is 0.367 e. The first-order chi connectivity index (χ1) is 9.15. The first-order valence-electron chi connectivity index (χ1n) is 6.28. The topological polar surface area (TPSA) is 9.23 Å². The zero-order chi connectivity index (χ0) is 13.7. The van der Waals surface area contributed by atoms with Crippen LogP contribution in [0.25, 0.3) is 5.57 Å². The van der Waals surface area contributed by atoms with E-state index in [1.165, 1.54) is 0 Å². The van der Waals surface area contributed by atoms with E-state index in [-0.39, 0.29) is 0 Å². The monoisotopic (exact) mass is 262 g/mol. The van der Waals surface area contributed by atoms with Crippen molar-refractivity contribution in [2.75, 3.05) is 6.61 Å². The standard InChI is InChI=1S/C16H16F2O/c1-2-19-16(12-15(17)18)10-8-14(9-11-16)13-6-4-3-5-7-13/h3-10,12H,2,11H2,1H3. The van der Waals surface area contributed by atoms with Gasteiger partial charge in [-0.1, -0.05) is 42.5 Å². The Kier molecular flexibility index (Phi) is 4.27. The SMILES string of the molecule is CCOC1(C=C(F)F)C=CC(c2ccccc2)=CC1. The maximum atomic E-state index is 12.5. The average Bonchev–Trinajstić information content (AvgIpc) is 2.40. The van der Waals surface area contributed by atoms with Gasteiger partial charge in [0.1, 0.15) is 5.60 Å². The normalized spacial score (nSPS) is 21.9. The van der Waals surface area contributed by atoms with E-state index in [1.807, 2.05) is 42.5 Å². The molecule has 3 heteroatoms. The van der Waals surface area contributed by atoms with Gasteiger partial charge in [0.2, 0.25) is 0 Å². The van der Waals surface area contributed by atoms with Gasteiger partial charge in [-0.15, -0.1) is 0 Å². The summed E-state index contributed by atoms with van der Waals surface area (Å²) in [5.74, 6) is 0. The summed E-state index contributed by atoms with van der Waals surface area (Å²) in [5.41, 5.74) is 1.10. The lowest BCUT2D eigenvalue weighted by molar-refractivity contribution is 0.0352. The molecule has 19 heavy (non-hydrogen) atoms. The maximum absolute atomic E-state index is 12.5. The van der Waals surface area contributed by atoms with Crippen LogP contribution < -0.4 is 0 Å². The van der Waals surface area contributed by atoms with Crippen LogP contribution in [0.4, 0.5) is 8.78 Å². The van der Waals surface area contributed by atoms with E-state index < -0.39 is 11.7 Å². The summed E-state index contributed by atoms with van der Waals surface area (Å²) >= 11 is 0. The predicted octanol–water partition coefficient (Wildman–Crippen LogP) is 4.59. The summed E-state index contributed by atoms with van der Waals surface area (Å²) in [4.78, 5) is 0. The molecule has 0 amide bonds. The van der Waals surface area contributed by atoms with Gasteiger partial charge in [0.15, 0.2) is 0 Å². The molecule has 0 bridgehead atoms. The lowest BCUT2D eigenvalue weighted by Crippen LogP contribution is -2.29. The molecule has 100 valence electrons. The number of hydrogen-bond donors (Lipinski definition) is 0. The third kappa shape index (κ3) is 3.38. The van der Waals surface area contributed by atoms with Crippen LogP contribution in [-0.2, 0) is 4.74 Å². The van der Waals surface area contributed by atoms with Crippen LogP contribution in [0.3, 0.4) is 0 Å². The molecule has 0 radical (unpaired) electrons. The maximum Gasteiger partial charge on any atom is 0.269 e. The van der Waals surface area contributed by atoms with Crippen LogP contribution in [0.1, 0.15) is 18.9 Å². The van der Waals surface area contributed by atoms with Crippen molar-refractivity contribution in [3.8, 4) is 0 Å². The van der Waals surface area contributed by atoms with E-state index in [4.69, 9.17) is 4.74 Å². The minimum absolute atomic E-state index is 0.391. The molecule has 0 fully saturated rings. The van der Waals surface area contributed by atoms with Gasteiger partial charge < -0.3 is 4.74 Å². The molecule has 1 aromatic rings. The zero-order valence-electron chi connectivity index (χ0n) is 10.8. The Morgan fingerprint density at radius 3 is 2.58 bits per heavy atom. The van der Waals surface area contributed by atoms with Crippen molar-refractivity contribution < 1.29 is 13.5 Å². The van der Waals surface area contributed by atoms with E-state index in [2.05, 4.69) is 0 Å². The van der Waals surface area contributed by atoms with Gasteiger partial charge in [0, 0.05) is 19.1 Å². The van der Waals surface area contributed by atoms with Crippen molar-refractivity contribution in [2.24, 2.45) is 0 Å². The molecule has 1 aliphatic rings. The third-order valence-electron chi connectivity index (χ3n) is 3.06. The van der Waals surface area contributed by atoms with Crippen LogP contribution in [0.2, 0.25) is 0 Å². The van der Waals surface area contributed by atoms with E-state index >= 15 is 0 Å². The highest BCUT2D eigenvalue weighted by Gasteiger charge is 2.28. The highest BCUT2D eigenvalue weighted by molar-refractivity contribution is 5.75. The Balaban J connectivity index is 2.23. The molecule has 0 saturated carbocycles. The van der Waals surface area contributed by atoms with Crippen LogP contribution in [0, 0.1) is 0 Å². The highest BCUT2D eigenvalue weighted by Crippen LogP contribution is 2.31. The number of benzene rings is 1. The fourth-order valence-electron chi connectivity index (χ4n) is 2.19. The first-order valence-corrected chi connectivity index (χ1v) is 6.28. The molecule has 1 aromatic carbocycles. The van der Waals surface area contributed by atoms with Crippen molar-refractivity contribution in [3.63, 3.8) is 0 Å². The Labute approximate surface area is 111 Å². The van der Waals surface area contributed by atoms with Gasteiger partial charge in [-0.3, -0.25) is 0 Å². The smallest absolute Gasteiger partial charge is 0.269 e. The summed E-state index contributed by atoms with van der Waals surface area (Å²) < 4.78 is 30.5. The molecule has 2 rings (SSSR count). The molecule has 0 N–H and O–H groups in total. The number of ether oxygens (including phenoxy) is 1. The van der Waals surface area contributed by atoms with Gasteiger partial charge in [-0.05, 0) is 24.1 Å². The molecule has 1 aliphatic carbocycles. The van der Waals surface area contributed by atoms with Gasteiger partial charge in [-0.2, -0.15) is 8.78 Å². The number of allylic oxidation sites excluding steroid dienone is 2. The molecule has 0 spiro atoms. The molecule has 1 atom stereocenters. The van der Waals surface area contributed by atoms with E-state index in [0.29, 0.717) is 13.0 Å². The zero-order valence-corrected chi connectivity index (χ0v) is 10.8. The lowest BCUT2D eigenvalue weighted by atomic mass is 9.89. The van der Waals surface area contributed by atoms with Crippen molar-refractivity contribution in [1.29, 1.82) is 0 Å². The fourth-order valence-corrected chi connectivity index (χ4v) is 2.19. The van der Waals surface area contributed by atoms with E-state index in [0.717, 1.165) is 17.2 Å². The minimum atomic E-state index is -1.71.